The van der Waals surface area contributed by atoms with E-state index in [4.69, 9.17) is 4.74 Å². The molecule has 0 fully saturated rings. The Labute approximate surface area is 99.0 Å². The molecule has 1 aromatic rings. The number of hydrogen-bond acceptors (Lipinski definition) is 4. The zero-order valence-corrected chi connectivity index (χ0v) is 9.68. The van der Waals surface area contributed by atoms with E-state index >= 15 is 0 Å². The average molecular weight is 253 g/mol. The topological polar surface area (TPSA) is 72.5 Å². The molecule has 0 spiro atoms. The molecule has 0 saturated heterocycles. The Kier molecular flexibility index (Phi) is 3.14. The van der Waals surface area contributed by atoms with Crippen LogP contribution in [-0.2, 0) is 14.6 Å². The number of hydrogen-bond donors (Lipinski definition) is 1. The summed E-state index contributed by atoms with van der Waals surface area (Å²) in [5.41, 5.74) is 0.599. The summed E-state index contributed by atoms with van der Waals surface area (Å²) < 4.78 is 27.1. The molecule has 0 aliphatic carbocycles. The number of para-hydroxylation sites is 1. The summed E-state index contributed by atoms with van der Waals surface area (Å²) in [6, 6.07) is 8.79. The molecule has 17 heavy (non-hydrogen) atoms. The molecule has 0 saturated carbocycles. The Morgan fingerprint density at radius 3 is 2.59 bits per heavy atom. The first-order chi connectivity index (χ1) is 8.05. The van der Waals surface area contributed by atoms with Gasteiger partial charge in [-0.3, -0.25) is 5.32 Å². The lowest BCUT2D eigenvalue weighted by molar-refractivity contribution is 0.144. The molecule has 0 bridgehead atoms. The molecule has 0 unspecified atom stereocenters. The van der Waals surface area contributed by atoms with Gasteiger partial charge in [-0.25, -0.2) is 13.2 Å². The van der Waals surface area contributed by atoms with Crippen molar-refractivity contribution >= 4 is 21.6 Å². The maximum Gasteiger partial charge on any atom is 0.412 e. The van der Waals surface area contributed by atoms with Crippen LogP contribution in [0, 0.1) is 0 Å². The van der Waals surface area contributed by atoms with E-state index in [0.29, 0.717) is 5.69 Å². The summed E-state index contributed by atoms with van der Waals surface area (Å²) in [5.74, 6) is -0.185. The van der Waals surface area contributed by atoms with Crippen molar-refractivity contribution in [2.45, 2.75) is 6.10 Å². The van der Waals surface area contributed by atoms with Crippen LogP contribution in [0.5, 0.6) is 0 Å². The van der Waals surface area contributed by atoms with Crippen LogP contribution < -0.4 is 5.32 Å². The largest absolute Gasteiger partial charge is 0.441 e. The summed E-state index contributed by atoms with van der Waals surface area (Å²) in [6.07, 6.45) is -0.00781. The van der Waals surface area contributed by atoms with Crippen LogP contribution in [0.25, 0.3) is 0 Å². The van der Waals surface area contributed by atoms with Crippen molar-refractivity contribution in [2.75, 3.05) is 11.1 Å². The van der Waals surface area contributed by atoms with Crippen LogP contribution in [0.4, 0.5) is 10.5 Å². The van der Waals surface area contributed by atoms with E-state index in [1.54, 1.807) is 24.3 Å². The van der Waals surface area contributed by atoms with Crippen LogP contribution in [0.3, 0.4) is 0 Å². The highest BCUT2D eigenvalue weighted by Gasteiger charge is 2.24. The van der Waals surface area contributed by atoms with Crippen LogP contribution in [-0.4, -0.2) is 26.4 Å². The number of anilines is 1. The van der Waals surface area contributed by atoms with Gasteiger partial charge < -0.3 is 4.74 Å². The molecule has 0 aromatic heterocycles. The minimum atomic E-state index is -3.20. The fourth-order valence-corrected chi connectivity index (χ4v) is 2.59. The summed E-state index contributed by atoms with van der Waals surface area (Å²) >= 11 is 0. The smallest absolute Gasteiger partial charge is 0.412 e. The number of amides is 1. The zero-order valence-electron chi connectivity index (χ0n) is 8.87. The van der Waals surface area contributed by atoms with Crippen molar-refractivity contribution in [3.8, 4) is 0 Å². The first-order valence-electron chi connectivity index (χ1n) is 4.99. The van der Waals surface area contributed by atoms with Gasteiger partial charge in [-0.2, -0.15) is 0 Å². The van der Waals surface area contributed by atoms with Crippen molar-refractivity contribution in [3.05, 3.63) is 41.8 Å². The third kappa shape index (κ3) is 3.32. The Morgan fingerprint density at radius 1 is 1.29 bits per heavy atom. The van der Waals surface area contributed by atoms with Gasteiger partial charge in [0.2, 0.25) is 0 Å². The lowest BCUT2D eigenvalue weighted by Crippen LogP contribution is -2.23. The molecule has 2 rings (SSSR count). The van der Waals surface area contributed by atoms with Gasteiger partial charge >= 0.3 is 6.09 Å². The standard InChI is InChI=1S/C11H11NO4S/c13-11(12-9-4-2-1-3-5-9)16-10-6-7-17(14,15)8-10/h1-7,10H,8H2,(H,12,13)/t10-/m1/s1. The van der Waals surface area contributed by atoms with Crippen molar-refractivity contribution in [3.63, 3.8) is 0 Å². The van der Waals surface area contributed by atoms with E-state index in [1.807, 2.05) is 6.07 Å². The Bertz CT molecular complexity index is 536. The maximum absolute atomic E-state index is 11.4. The summed E-state index contributed by atoms with van der Waals surface area (Å²) in [7, 11) is -3.20. The minimum absolute atomic E-state index is 0.185. The third-order valence-electron chi connectivity index (χ3n) is 2.18. The van der Waals surface area contributed by atoms with Crippen LogP contribution in [0.15, 0.2) is 41.8 Å². The molecule has 90 valence electrons. The van der Waals surface area contributed by atoms with Crippen molar-refractivity contribution in [1.29, 1.82) is 0 Å². The number of rotatable bonds is 2. The van der Waals surface area contributed by atoms with Crippen molar-refractivity contribution in [1.82, 2.24) is 0 Å². The molecular formula is C11H11NO4S. The van der Waals surface area contributed by atoms with Crippen molar-refractivity contribution in [2.24, 2.45) is 0 Å². The molecule has 1 heterocycles. The molecule has 1 aliphatic rings. The van der Waals surface area contributed by atoms with Gasteiger partial charge in [0, 0.05) is 11.1 Å². The number of carbonyl (C=O) groups excluding carboxylic acids is 1. The van der Waals surface area contributed by atoms with E-state index < -0.39 is 22.0 Å². The SMILES string of the molecule is O=C(Nc1ccccc1)O[C@@H]1C=CS(=O)(=O)C1. The first kappa shape index (κ1) is 11.7. The normalized spacial score (nSPS) is 21.1. The second-order valence-corrected chi connectivity index (χ2v) is 5.52. The second-order valence-electron chi connectivity index (χ2n) is 3.59. The Balaban J connectivity index is 1.89. The third-order valence-corrected chi connectivity index (χ3v) is 3.54. The van der Waals surface area contributed by atoms with Gasteiger partial charge in [-0.05, 0) is 18.2 Å². The Morgan fingerprint density at radius 2 is 2.00 bits per heavy atom. The first-order valence-corrected chi connectivity index (χ1v) is 6.70. The molecule has 1 aliphatic heterocycles. The molecule has 5 nitrogen and oxygen atoms in total. The molecular weight excluding hydrogens is 242 g/mol. The Hall–Kier alpha value is -1.82. The van der Waals surface area contributed by atoms with Crippen LogP contribution >= 0.6 is 0 Å². The second kappa shape index (κ2) is 4.58. The molecule has 1 aromatic carbocycles. The molecule has 1 amide bonds. The quantitative estimate of drug-likeness (QED) is 0.867. The highest BCUT2D eigenvalue weighted by Crippen LogP contribution is 2.13. The average Bonchev–Trinajstić information content (AvgIpc) is 2.59. The van der Waals surface area contributed by atoms with Gasteiger partial charge in [0.05, 0.1) is 5.75 Å². The molecule has 0 radical (unpaired) electrons. The number of ether oxygens (including phenoxy) is 1. The number of benzene rings is 1. The number of nitrogens with one attached hydrogen (secondary N) is 1. The minimum Gasteiger partial charge on any atom is -0.441 e. The van der Waals surface area contributed by atoms with Gasteiger partial charge in [0.15, 0.2) is 9.84 Å². The number of carbonyl (C=O) groups is 1. The predicted molar refractivity (Wildman–Crippen MR) is 63.3 cm³/mol. The zero-order chi connectivity index (χ0) is 12.3. The van der Waals surface area contributed by atoms with Crippen molar-refractivity contribution < 1.29 is 17.9 Å². The molecule has 1 N–H and O–H groups in total. The van der Waals surface area contributed by atoms with E-state index in [1.165, 1.54) is 6.08 Å². The van der Waals surface area contributed by atoms with Gasteiger partial charge in [-0.1, -0.05) is 18.2 Å². The highest BCUT2D eigenvalue weighted by molar-refractivity contribution is 7.94. The summed E-state index contributed by atoms with van der Waals surface area (Å²) in [6.45, 7) is 0. The fourth-order valence-electron chi connectivity index (χ4n) is 1.43. The lowest BCUT2D eigenvalue weighted by Gasteiger charge is -2.10. The van der Waals surface area contributed by atoms with Gasteiger partial charge in [-0.15, -0.1) is 0 Å². The lowest BCUT2D eigenvalue weighted by atomic mass is 10.3. The monoisotopic (exact) mass is 253 g/mol. The van der Waals surface area contributed by atoms with E-state index in [-0.39, 0.29) is 5.75 Å². The van der Waals surface area contributed by atoms with E-state index in [0.717, 1.165) is 5.41 Å². The van der Waals surface area contributed by atoms with Crippen LogP contribution in [0.2, 0.25) is 0 Å². The van der Waals surface area contributed by atoms with Gasteiger partial charge in [0.25, 0.3) is 0 Å². The number of sulfone groups is 1. The highest BCUT2D eigenvalue weighted by atomic mass is 32.2. The van der Waals surface area contributed by atoms with E-state index in [2.05, 4.69) is 5.32 Å². The van der Waals surface area contributed by atoms with Crippen LogP contribution in [0.1, 0.15) is 0 Å². The summed E-state index contributed by atoms with van der Waals surface area (Å²) in [5, 5.41) is 3.57. The summed E-state index contributed by atoms with van der Waals surface area (Å²) in [4.78, 5) is 11.4. The van der Waals surface area contributed by atoms with E-state index in [9.17, 15) is 13.2 Å². The fraction of sp³-hybridized carbons (Fsp3) is 0.182. The van der Waals surface area contributed by atoms with Gasteiger partial charge in [0.1, 0.15) is 6.10 Å². The molecule has 1 atom stereocenters. The predicted octanol–water partition coefficient (Wildman–Crippen LogP) is 1.55. The molecule has 6 heteroatoms. The maximum atomic E-state index is 11.4.